The molecule has 0 bridgehead atoms. The van der Waals surface area contributed by atoms with E-state index in [9.17, 15) is 10.1 Å². The maximum absolute atomic E-state index is 12.7. The van der Waals surface area contributed by atoms with Gasteiger partial charge in [-0.25, -0.2) is 9.78 Å². The quantitative estimate of drug-likeness (QED) is 0.243. The van der Waals surface area contributed by atoms with E-state index in [0.29, 0.717) is 22.0 Å². The van der Waals surface area contributed by atoms with Crippen LogP contribution in [-0.2, 0) is 17.8 Å². The highest BCUT2D eigenvalue weighted by atomic mass is 35.5. The molecule has 6 rings (SSSR count). The number of nitrogens with one attached hydrogen (secondary N) is 1. The number of pyridine rings is 1. The number of carbonyl (C=O) groups excluding carboxylic acids is 1. The van der Waals surface area contributed by atoms with Crippen molar-refractivity contribution in [3.05, 3.63) is 129 Å². The van der Waals surface area contributed by atoms with Crippen LogP contribution in [0.2, 0.25) is 10.0 Å². The number of ether oxygens (including phenoxy) is 1. The first kappa shape index (κ1) is 24.9. The molecule has 7 heteroatoms. The third-order valence-electron chi connectivity index (χ3n) is 7.05. The number of benzene rings is 4. The number of rotatable bonds is 4. The fourth-order valence-electron chi connectivity index (χ4n) is 5.21. The van der Waals surface area contributed by atoms with Crippen LogP contribution in [0.1, 0.15) is 33.7 Å². The summed E-state index contributed by atoms with van der Waals surface area (Å²) < 4.78 is 5.47. The Bertz CT molecular complexity index is 1800. The van der Waals surface area contributed by atoms with Crippen molar-refractivity contribution in [2.75, 3.05) is 5.32 Å². The average molecular weight is 550 g/mol. The van der Waals surface area contributed by atoms with Crippen LogP contribution in [0.25, 0.3) is 21.9 Å². The molecule has 1 unspecified atom stereocenters. The summed E-state index contributed by atoms with van der Waals surface area (Å²) in [5.41, 5.74) is 5.86. The SMILES string of the molecule is N#Cc1c(NC(=O)OCc2ccc3ccccc3c2)ncc2c1-c1ccccc1C(c1ccc(Cl)c(Cl)c1)C2. The van der Waals surface area contributed by atoms with Gasteiger partial charge in [0, 0.05) is 17.7 Å². The molecule has 1 aromatic heterocycles. The lowest BCUT2D eigenvalue weighted by Gasteiger charge is -2.29. The molecule has 1 aliphatic rings. The zero-order chi connectivity index (χ0) is 26.9. The molecule has 39 heavy (non-hydrogen) atoms. The minimum atomic E-state index is -0.676. The number of aromatic nitrogens is 1. The van der Waals surface area contributed by atoms with Gasteiger partial charge >= 0.3 is 6.09 Å². The zero-order valence-electron chi connectivity index (χ0n) is 20.6. The summed E-state index contributed by atoms with van der Waals surface area (Å²) in [6.45, 7) is 0.0949. The third kappa shape index (κ3) is 4.81. The number of halogens is 2. The van der Waals surface area contributed by atoms with Crippen LogP contribution in [-0.4, -0.2) is 11.1 Å². The van der Waals surface area contributed by atoms with Crippen LogP contribution < -0.4 is 5.32 Å². The normalized spacial score (nSPS) is 13.7. The molecular formula is C32H21Cl2N3O2. The van der Waals surface area contributed by atoms with E-state index in [2.05, 4.69) is 22.4 Å². The Labute approximate surface area is 235 Å². The van der Waals surface area contributed by atoms with Crippen molar-refractivity contribution in [1.29, 1.82) is 5.26 Å². The molecule has 5 nitrogen and oxygen atoms in total. The minimum absolute atomic E-state index is 0.0162. The lowest BCUT2D eigenvalue weighted by atomic mass is 9.75. The Balaban J connectivity index is 1.27. The van der Waals surface area contributed by atoms with Gasteiger partial charge in [0.1, 0.15) is 18.2 Å². The molecular weight excluding hydrogens is 529 g/mol. The average Bonchev–Trinajstić information content (AvgIpc) is 2.97. The topological polar surface area (TPSA) is 75.0 Å². The number of fused-ring (bicyclic) bond motifs is 4. The van der Waals surface area contributed by atoms with Gasteiger partial charge in [-0.3, -0.25) is 5.32 Å². The summed E-state index contributed by atoms with van der Waals surface area (Å²) in [7, 11) is 0. The van der Waals surface area contributed by atoms with Crippen molar-refractivity contribution in [3.63, 3.8) is 0 Å². The highest BCUT2D eigenvalue weighted by Crippen LogP contribution is 2.45. The summed E-state index contributed by atoms with van der Waals surface area (Å²) in [5, 5.41) is 16.0. The number of nitriles is 1. The van der Waals surface area contributed by atoms with Crippen LogP contribution in [0.3, 0.4) is 0 Å². The summed E-state index contributed by atoms with van der Waals surface area (Å²) in [6, 6.07) is 29.8. The van der Waals surface area contributed by atoms with Gasteiger partial charge in [0.25, 0.3) is 0 Å². The van der Waals surface area contributed by atoms with Crippen LogP contribution >= 0.6 is 23.2 Å². The molecule has 1 atom stereocenters. The molecule has 0 aliphatic heterocycles. The lowest BCUT2D eigenvalue weighted by molar-refractivity contribution is 0.155. The summed E-state index contributed by atoms with van der Waals surface area (Å²) in [6.07, 6.45) is 1.67. The monoisotopic (exact) mass is 549 g/mol. The standard InChI is InChI=1S/C32H21Cl2N3O2/c33-28-12-11-22(15-29(28)34)26-14-23-17-36-31(27(16-35)30(23)25-8-4-3-7-24(25)26)37-32(38)39-18-19-9-10-20-5-1-2-6-21(20)13-19/h1-13,15,17,26H,14,18H2,(H,36,37,38). The lowest BCUT2D eigenvalue weighted by Crippen LogP contribution is -2.18. The first-order chi connectivity index (χ1) is 19.0. The second kappa shape index (κ2) is 10.4. The molecule has 5 aromatic rings. The first-order valence-corrected chi connectivity index (χ1v) is 13.1. The molecule has 0 fully saturated rings. The molecule has 1 aliphatic carbocycles. The fraction of sp³-hybridized carbons (Fsp3) is 0.0938. The Kier molecular flexibility index (Phi) is 6.66. The van der Waals surface area contributed by atoms with E-state index in [1.165, 1.54) is 0 Å². The zero-order valence-corrected chi connectivity index (χ0v) is 22.1. The Morgan fingerprint density at radius 3 is 2.59 bits per heavy atom. The van der Waals surface area contributed by atoms with Crippen molar-refractivity contribution in [1.82, 2.24) is 4.98 Å². The van der Waals surface area contributed by atoms with Crippen LogP contribution in [0.15, 0.2) is 91.1 Å². The van der Waals surface area contributed by atoms with Gasteiger partial charge < -0.3 is 4.74 Å². The van der Waals surface area contributed by atoms with E-state index < -0.39 is 6.09 Å². The van der Waals surface area contributed by atoms with E-state index in [4.69, 9.17) is 27.9 Å². The smallest absolute Gasteiger partial charge is 0.413 e. The highest BCUT2D eigenvalue weighted by molar-refractivity contribution is 6.42. The van der Waals surface area contributed by atoms with Gasteiger partial charge in [0.15, 0.2) is 5.82 Å². The number of anilines is 1. The van der Waals surface area contributed by atoms with Crippen molar-refractivity contribution in [2.45, 2.75) is 18.9 Å². The number of hydrogen-bond donors (Lipinski definition) is 1. The second-order valence-corrected chi connectivity index (χ2v) is 10.2. The van der Waals surface area contributed by atoms with Gasteiger partial charge in [-0.05, 0) is 63.2 Å². The van der Waals surface area contributed by atoms with Crippen molar-refractivity contribution >= 4 is 45.9 Å². The van der Waals surface area contributed by atoms with Gasteiger partial charge in [-0.1, -0.05) is 89.9 Å². The van der Waals surface area contributed by atoms with Crippen molar-refractivity contribution in [3.8, 4) is 17.2 Å². The molecule has 1 N–H and O–H groups in total. The molecule has 0 radical (unpaired) electrons. The first-order valence-electron chi connectivity index (χ1n) is 12.4. The van der Waals surface area contributed by atoms with Gasteiger partial charge in [0.2, 0.25) is 0 Å². The fourth-order valence-corrected chi connectivity index (χ4v) is 5.52. The van der Waals surface area contributed by atoms with Crippen molar-refractivity contribution in [2.24, 2.45) is 0 Å². The predicted octanol–water partition coefficient (Wildman–Crippen LogP) is 8.52. The van der Waals surface area contributed by atoms with Gasteiger partial charge in [-0.2, -0.15) is 5.26 Å². The Hall–Kier alpha value is -4.37. The minimum Gasteiger partial charge on any atom is -0.444 e. The summed E-state index contributed by atoms with van der Waals surface area (Å²) >= 11 is 12.5. The Morgan fingerprint density at radius 1 is 0.974 bits per heavy atom. The number of nitrogens with zero attached hydrogens (tertiary/aromatic N) is 2. The molecule has 1 amide bonds. The molecule has 0 spiro atoms. The number of hydrogen-bond acceptors (Lipinski definition) is 4. The molecule has 0 saturated carbocycles. The largest absolute Gasteiger partial charge is 0.444 e. The van der Waals surface area contributed by atoms with Crippen molar-refractivity contribution < 1.29 is 9.53 Å². The summed E-state index contributed by atoms with van der Waals surface area (Å²) in [4.78, 5) is 17.2. The van der Waals surface area contributed by atoms with E-state index in [1.54, 1.807) is 12.3 Å². The maximum Gasteiger partial charge on any atom is 0.413 e. The molecule has 1 heterocycles. The van der Waals surface area contributed by atoms with Gasteiger partial charge in [-0.15, -0.1) is 0 Å². The maximum atomic E-state index is 12.7. The van der Waals surface area contributed by atoms with Crippen LogP contribution in [0.5, 0.6) is 0 Å². The van der Waals surface area contributed by atoms with Crippen LogP contribution in [0, 0.1) is 11.3 Å². The van der Waals surface area contributed by atoms with Crippen LogP contribution in [0.4, 0.5) is 10.6 Å². The number of amides is 1. The van der Waals surface area contributed by atoms with Gasteiger partial charge in [0.05, 0.1) is 10.0 Å². The van der Waals surface area contributed by atoms with E-state index in [-0.39, 0.29) is 18.3 Å². The Morgan fingerprint density at radius 2 is 1.77 bits per heavy atom. The second-order valence-electron chi connectivity index (χ2n) is 9.39. The molecule has 0 saturated heterocycles. The molecule has 4 aromatic carbocycles. The van der Waals surface area contributed by atoms with E-state index in [0.717, 1.165) is 44.2 Å². The van der Waals surface area contributed by atoms with E-state index in [1.807, 2.05) is 72.8 Å². The highest BCUT2D eigenvalue weighted by Gasteiger charge is 2.30. The number of carbonyl (C=O) groups is 1. The van der Waals surface area contributed by atoms with E-state index >= 15 is 0 Å². The third-order valence-corrected chi connectivity index (χ3v) is 7.79. The predicted molar refractivity (Wildman–Crippen MR) is 154 cm³/mol. The molecule has 190 valence electrons. The summed E-state index contributed by atoms with van der Waals surface area (Å²) in [5.74, 6) is 0.185.